The number of hydrogen-bond donors (Lipinski definition) is 0. The molecule has 0 aromatic heterocycles. The standard InChI is InChI=1S/C11H23FN2.C6H13FN2.Zn/c1-6-9(7-2)10(8(3)13-4)11(12)14-5;1-5(8-2)4-6(7)9-3;/h8-11H,6-7H2,1-5H3;5-6H,4H2,1-3H3;/q2*-2;. The van der Waals surface area contributed by atoms with Gasteiger partial charge in [-0.15, -0.1) is 12.1 Å². The van der Waals surface area contributed by atoms with Gasteiger partial charge in [0.25, 0.3) is 0 Å². The average molecular weight is 400 g/mol. The van der Waals surface area contributed by atoms with Crippen LogP contribution in [0.3, 0.4) is 0 Å². The van der Waals surface area contributed by atoms with Crippen LogP contribution < -0.4 is 0 Å². The number of hydrogen-bond acceptors (Lipinski definition) is 0. The fourth-order valence-electron chi connectivity index (χ4n) is 2.52. The Bertz CT molecular complexity index is 241. The smallest absolute Gasteiger partial charge is 0.0147 e. The topological polar surface area (TPSA) is 56.4 Å². The first-order valence-corrected chi connectivity index (χ1v) is 8.46. The van der Waals surface area contributed by atoms with Crippen molar-refractivity contribution < 1.29 is 28.3 Å². The third-order valence-electron chi connectivity index (χ3n) is 4.38. The van der Waals surface area contributed by atoms with E-state index in [2.05, 4.69) is 35.1 Å². The van der Waals surface area contributed by atoms with Crippen LogP contribution in [0.15, 0.2) is 0 Å². The van der Waals surface area contributed by atoms with Crippen molar-refractivity contribution in [2.75, 3.05) is 28.2 Å². The molecular formula is C17H36F2N4Zn-4. The van der Waals surface area contributed by atoms with E-state index in [1.807, 2.05) is 13.8 Å². The summed E-state index contributed by atoms with van der Waals surface area (Å²) in [6.45, 7) is 8.05. The minimum atomic E-state index is -1.07. The Morgan fingerprint density at radius 3 is 1.58 bits per heavy atom. The van der Waals surface area contributed by atoms with Gasteiger partial charge in [-0.1, -0.05) is 47.0 Å². The van der Waals surface area contributed by atoms with E-state index in [-0.39, 0.29) is 37.5 Å². The second-order valence-electron chi connectivity index (χ2n) is 5.82. The molecule has 0 aromatic rings. The number of alkyl halides is 2. The molecule has 0 aliphatic carbocycles. The van der Waals surface area contributed by atoms with Gasteiger partial charge in [0.2, 0.25) is 0 Å². The predicted molar refractivity (Wildman–Crippen MR) is 98.0 cm³/mol. The Kier molecular flexibility index (Phi) is 22.0. The van der Waals surface area contributed by atoms with Crippen LogP contribution in [0.2, 0.25) is 0 Å². The van der Waals surface area contributed by atoms with Crippen molar-refractivity contribution in [1.82, 2.24) is 0 Å². The third kappa shape index (κ3) is 12.7. The molecule has 5 unspecified atom stereocenters. The zero-order valence-corrected chi connectivity index (χ0v) is 19.8. The molecule has 0 N–H and O–H groups in total. The van der Waals surface area contributed by atoms with Gasteiger partial charge in [0.15, 0.2) is 0 Å². The van der Waals surface area contributed by atoms with Crippen LogP contribution in [0.1, 0.15) is 47.0 Å². The van der Waals surface area contributed by atoms with E-state index in [0.717, 1.165) is 12.8 Å². The van der Waals surface area contributed by atoms with E-state index in [0.29, 0.717) is 12.3 Å². The maximum Gasteiger partial charge on any atom is 0.0147 e. The van der Waals surface area contributed by atoms with Gasteiger partial charge < -0.3 is 21.3 Å². The molecule has 4 nitrogen and oxygen atoms in total. The van der Waals surface area contributed by atoms with Crippen molar-refractivity contribution in [3.8, 4) is 0 Å². The molecule has 0 radical (unpaired) electrons. The minimum Gasteiger partial charge on any atom is -0.662 e. The van der Waals surface area contributed by atoms with Crippen LogP contribution in [0, 0.1) is 11.8 Å². The maximum atomic E-state index is 13.6. The molecule has 0 saturated carbocycles. The van der Waals surface area contributed by atoms with Crippen molar-refractivity contribution >= 4 is 0 Å². The van der Waals surface area contributed by atoms with Gasteiger partial charge in [-0.2, -0.15) is 28.2 Å². The average Bonchev–Trinajstić information content (AvgIpc) is 2.58. The first kappa shape index (κ1) is 29.1. The molecule has 7 heteroatoms. The van der Waals surface area contributed by atoms with Crippen LogP contribution in [-0.2, 0) is 19.5 Å². The number of rotatable bonds is 11. The van der Waals surface area contributed by atoms with Gasteiger partial charge in [-0.25, -0.2) is 0 Å². The molecule has 0 fully saturated rings. The summed E-state index contributed by atoms with van der Waals surface area (Å²) < 4.78 is 26.0. The van der Waals surface area contributed by atoms with Gasteiger partial charge in [-0.3, -0.25) is 8.78 Å². The maximum absolute atomic E-state index is 13.6. The predicted octanol–water partition coefficient (Wildman–Crippen LogP) is 5.80. The Hall–Kier alpha value is 0.323. The van der Waals surface area contributed by atoms with Gasteiger partial charge in [0.05, 0.1) is 0 Å². The van der Waals surface area contributed by atoms with Gasteiger partial charge >= 0.3 is 0 Å². The quantitative estimate of drug-likeness (QED) is 0.311. The van der Waals surface area contributed by atoms with E-state index in [4.69, 9.17) is 0 Å². The Labute approximate surface area is 161 Å². The van der Waals surface area contributed by atoms with E-state index >= 15 is 0 Å². The van der Waals surface area contributed by atoms with Crippen LogP contribution in [-0.4, -0.2) is 52.9 Å². The largest absolute Gasteiger partial charge is 0.662 e. The van der Waals surface area contributed by atoms with E-state index < -0.39 is 12.6 Å². The summed E-state index contributed by atoms with van der Waals surface area (Å²) in [6, 6.07) is 0.141. The molecule has 144 valence electrons. The first-order chi connectivity index (χ1) is 10.8. The van der Waals surface area contributed by atoms with Crippen molar-refractivity contribution in [1.29, 1.82) is 0 Å². The summed E-state index contributed by atoms with van der Waals surface area (Å²) >= 11 is 0. The molecule has 0 amide bonds. The fraction of sp³-hybridized carbons (Fsp3) is 1.00. The summed E-state index contributed by atoms with van der Waals surface area (Å²) in [5.41, 5.74) is 0. The number of halogens is 2. The summed E-state index contributed by atoms with van der Waals surface area (Å²) in [5, 5.41) is 15.2. The SMILES string of the molecule is CCC(CC)C(C(C)[N-]C)C(F)[N-]C.C[N-]C(C)CC(F)[N-]C.[Zn]. The summed E-state index contributed by atoms with van der Waals surface area (Å²) in [5.74, 6) is 0.326. The van der Waals surface area contributed by atoms with Crippen LogP contribution in [0.5, 0.6) is 0 Å². The summed E-state index contributed by atoms with van der Waals surface area (Å²) in [6.07, 6.45) is 0.295. The molecule has 0 heterocycles. The van der Waals surface area contributed by atoms with Crippen LogP contribution in [0.25, 0.3) is 21.3 Å². The van der Waals surface area contributed by atoms with Crippen molar-refractivity contribution in [2.24, 2.45) is 11.8 Å². The fourth-order valence-corrected chi connectivity index (χ4v) is 2.52. The minimum absolute atomic E-state index is 0. The Morgan fingerprint density at radius 1 is 0.792 bits per heavy atom. The molecule has 0 bridgehead atoms. The van der Waals surface area contributed by atoms with E-state index in [9.17, 15) is 8.78 Å². The van der Waals surface area contributed by atoms with Crippen molar-refractivity contribution in [3.63, 3.8) is 0 Å². The Balaban J connectivity index is -0.000000385. The molecule has 0 spiro atoms. The van der Waals surface area contributed by atoms with Crippen LogP contribution >= 0.6 is 0 Å². The number of nitrogens with zero attached hydrogens (tertiary/aromatic N) is 4. The van der Waals surface area contributed by atoms with E-state index in [1.54, 1.807) is 21.1 Å². The molecule has 0 aliphatic rings. The normalized spacial score (nSPS) is 17.1. The molecule has 24 heavy (non-hydrogen) atoms. The zero-order valence-electron chi connectivity index (χ0n) is 16.8. The van der Waals surface area contributed by atoms with Gasteiger partial charge in [0, 0.05) is 32.1 Å². The second kappa shape index (κ2) is 18.1. The molecule has 0 aliphatic heterocycles. The van der Waals surface area contributed by atoms with E-state index in [1.165, 1.54) is 7.05 Å². The van der Waals surface area contributed by atoms with Gasteiger partial charge in [-0.05, 0) is 11.8 Å². The second-order valence-corrected chi connectivity index (χ2v) is 5.82. The third-order valence-corrected chi connectivity index (χ3v) is 4.38. The van der Waals surface area contributed by atoms with Crippen molar-refractivity contribution in [3.05, 3.63) is 21.3 Å². The first-order valence-electron chi connectivity index (χ1n) is 8.46. The molecular weight excluding hydrogens is 364 g/mol. The summed E-state index contributed by atoms with van der Waals surface area (Å²) in [4.78, 5) is 0. The van der Waals surface area contributed by atoms with Gasteiger partial charge in [0.1, 0.15) is 0 Å². The Morgan fingerprint density at radius 2 is 1.29 bits per heavy atom. The summed E-state index contributed by atoms with van der Waals surface area (Å²) in [7, 11) is 6.46. The monoisotopic (exact) mass is 398 g/mol. The van der Waals surface area contributed by atoms with Crippen LogP contribution in [0.4, 0.5) is 8.78 Å². The van der Waals surface area contributed by atoms with Crippen molar-refractivity contribution in [2.45, 2.75) is 71.6 Å². The molecule has 5 atom stereocenters. The molecule has 0 aromatic carbocycles. The molecule has 0 rings (SSSR count). The zero-order chi connectivity index (χ0) is 18.4. The molecule has 0 saturated heterocycles.